The minimum atomic E-state index is -0.881. The molecule has 0 rings (SSSR count). The summed E-state index contributed by atoms with van der Waals surface area (Å²) in [6.07, 6.45) is 4.74. The molecule has 0 bridgehead atoms. The zero-order chi connectivity index (χ0) is 11.0. The number of rotatable bonds is 7. The molecule has 0 aromatic rings. The number of hydrogen-bond donors (Lipinski definition) is 2. The van der Waals surface area contributed by atoms with E-state index in [2.05, 4.69) is 5.16 Å². The Kier molecular flexibility index (Phi) is 6.54. The van der Waals surface area contributed by atoms with E-state index < -0.39 is 5.60 Å². The highest BCUT2D eigenvalue weighted by molar-refractivity contribution is 5.91. The zero-order valence-electron chi connectivity index (χ0n) is 9.58. The largest absolute Gasteiger partial charge is 0.411 e. The van der Waals surface area contributed by atoms with Gasteiger partial charge in [-0.1, -0.05) is 45.2 Å². The van der Waals surface area contributed by atoms with Crippen molar-refractivity contribution in [1.29, 1.82) is 0 Å². The van der Waals surface area contributed by atoms with Crippen LogP contribution in [0.1, 0.15) is 59.3 Å². The van der Waals surface area contributed by atoms with Crippen LogP contribution in [0.3, 0.4) is 0 Å². The van der Waals surface area contributed by atoms with Gasteiger partial charge in [-0.25, -0.2) is 0 Å². The maximum absolute atomic E-state index is 10.3. The molecule has 3 nitrogen and oxygen atoms in total. The van der Waals surface area contributed by atoms with Gasteiger partial charge in [0, 0.05) is 0 Å². The van der Waals surface area contributed by atoms with Crippen LogP contribution in [-0.4, -0.2) is 21.6 Å². The third kappa shape index (κ3) is 3.66. The first kappa shape index (κ1) is 13.4. The molecule has 0 aliphatic rings. The number of oxime groups is 1. The van der Waals surface area contributed by atoms with Gasteiger partial charge in [0.1, 0.15) is 5.60 Å². The first-order valence-corrected chi connectivity index (χ1v) is 5.58. The third-order valence-electron chi connectivity index (χ3n) is 2.47. The highest BCUT2D eigenvalue weighted by Gasteiger charge is 2.31. The van der Waals surface area contributed by atoms with E-state index >= 15 is 0 Å². The summed E-state index contributed by atoms with van der Waals surface area (Å²) in [4.78, 5) is 0. The fourth-order valence-corrected chi connectivity index (χ4v) is 1.85. The van der Waals surface area contributed by atoms with Crippen molar-refractivity contribution in [2.45, 2.75) is 64.9 Å². The van der Waals surface area contributed by atoms with Crippen LogP contribution in [0.2, 0.25) is 0 Å². The molecule has 0 aromatic heterocycles. The predicted molar refractivity (Wildman–Crippen MR) is 58.9 cm³/mol. The Labute approximate surface area is 86.8 Å². The first-order valence-electron chi connectivity index (χ1n) is 5.58. The fourth-order valence-electron chi connectivity index (χ4n) is 1.85. The number of aliphatic hydroxyl groups is 1. The molecular formula is C11H23NO2. The minimum absolute atomic E-state index is 0.545. The Morgan fingerprint density at radius 3 is 1.86 bits per heavy atom. The van der Waals surface area contributed by atoms with Crippen molar-refractivity contribution in [3.8, 4) is 0 Å². The van der Waals surface area contributed by atoms with Crippen molar-refractivity contribution in [2.24, 2.45) is 5.16 Å². The summed E-state index contributed by atoms with van der Waals surface area (Å²) in [7, 11) is 0. The summed E-state index contributed by atoms with van der Waals surface area (Å²) in [5, 5.41) is 22.4. The lowest BCUT2D eigenvalue weighted by molar-refractivity contribution is 0.0844. The Bertz CT molecular complexity index is 172. The monoisotopic (exact) mass is 201 g/mol. The molecule has 0 aliphatic carbocycles. The van der Waals surface area contributed by atoms with Crippen molar-refractivity contribution in [3.05, 3.63) is 0 Å². The fraction of sp³-hybridized carbons (Fsp3) is 0.909. The van der Waals surface area contributed by atoms with Crippen LogP contribution in [0, 0.1) is 0 Å². The molecule has 0 saturated heterocycles. The maximum atomic E-state index is 10.3. The third-order valence-corrected chi connectivity index (χ3v) is 2.47. The summed E-state index contributed by atoms with van der Waals surface area (Å²) in [5.74, 6) is 0. The zero-order valence-corrected chi connectivity index (χ0v) is 9.58. The maximum Gasteiger partial charge on any atom is 0.106 e. The molecule has 0 unspecified atom stereocenters. The number of nitrogens with zero attached hydrogens (tertiary/aromatic N) is 1. The van der Waals surface area contributed by atoms with E-state index in [0.29, 0.717) is 25.0 Å². The van der Waals surface area contributed by atoms with Crippen molar-refractivity contribution >= 4 is 5.71 Å². The van der Waals surface area contributed by atoms with Gasteiger partial charge in [0.2, 0.25) is 0 Å². The van der Waals surface area contributed by atoms with E-state index in [9.17, 15) is 5.11 Å². The Hall–Kier alpha value is -0.570. The molecule has 0 atom stereocenters. The lowest BCUT2D eigenvalue weighted by atomic mass is 9.86. The van der Waals surface area contributed by atoms with Gasteiger partial charge in [0.25, 0.3) is 0 Å². The van der Waals surface area contributed by atoms with Crippen LogP contribution in [-0.2, 0) is 0 Å². The average molecular weight is 201 g/mol. The van der Waals surface area contributed by atoms with Gasteiger partial charge in [-0.3, -0.25) is 0 Å². The second-order valence-electron chi connectivity index (χ2n) is 3.83. The topological polar surface area (TPSA) is 52.8 Å². The Morgan fingerprint density at radius 2 is 1.57 bits per heavy atom. The molecule has 0 heterocycles. The Morgan fingerprint density at radius 1 is 1.07 bits per heavy atom. The SMILES string of the molecule is CCCC(=NO)C(O)(CCC)CCC. The van der Waals surface area contributed by atoms with E-state index in [1.165, 1.54) is 0 Å². The van der Waals surface area contributed by atoms with Crippen LogP contribution in [0.4, 0.5) is 0 Å². The predicted octanol–water partition coefficient (Wildman–Crippen LogP) is 2.95. The highest BCUT2D eigenvalue weighted by Crippen LogP contribution is 2.23. The van der Waals surface area contributed by atoms with Gasteiger partial charge < -0.3 is 10.3 Å². The molecule has 0 aliphatic heterocycles. The molecule has 0 spiro atoms. The van der Waals surface area contributed by atoms with Crippen LogP contribution >= 0.6 is 0 Å². The van der Waals surface area contributed by atoms with E-state index in [4.69, 9.17) is 5.21 Å². The van der Waals surface area contributed by atoms with Crippen molar-refractivity contribution < 1.29 is 10.3 Å². The van der Waals surface area contributed by atoms with Gasteiger partial charge in [-0.15, -0.1) is 0 Å². The van der Waals surface area contributed by atoms with E-state index in [0.717, 1.165) is 19.3 Å². The van der Waals surface area contributed by atoms with Crippen LogP contribution < -0.4 is 0 Å². The molecule has 14 heavy (non-hydrogen) atoms. The molecule has 0 saturated carbocycles. The van der Waals surface area contributed by atoms with Gasteiger partial charge >= 0.3 is 0 Å². The average Bonchev–Trinajstić information content (AvgIpc) is 2.14. The molecule has 0 aromatic carbocycles. The van der Waals surface area contributed by atoms with Crippen molar-refractivity contribution in [1.82, 2.24) is 0 Å². The normalized spacial score (nSPS) is 13.3. The summed E-state index contributed by atoms with van der Waals surface area (Å²) < 4.78 is 0. The molecule has 2 N–H and O–H groups in total. The van der Waals surface area contributed by atoms with E-state index in [1.807, 2.05) is 20.8 Å². The molecule has 3 heteroatoms. The van der Waals surface area contributed by atoms with Crippen molar-refractivity contribution in [2.75, 3.05) is 0 Å². The van der Waals surface area contributed by atoms with Crippen LogP contribution in [0.15, 0.2) is 5.16 Å². The lowest BCUT2D eigenvalue weighted by Crippen LogP contribution is -2.38. The number of hydrogen-bond acceptors (Lipinski definition) is 3. The van der Waals surface area contributed by atoms with Gasteiger partial charge in [-0.2, -0.15) is 0 Å². The standard InChI is InChI=1S/C11H23NO2/c1-4-7-10(12-14)11(13,8-5-2)9-6-3/h13-14H,4-9H2,1-3H3. The molecule has 0 radical (unpaired) electrons. The molecule has 84 valence electrons. The van der Waals surface area contributed by atoms with Crippen molar-refractivity contribution in [3.63, 3.8) is 0 Å². The minimum Gasteiger partial charge on any atom is -0.411 e. The van der Waals surface area contributed by atoms with Gasteiger partial charge in [-0.05, 0) is 19.3 Å². The molecule has 0 fully saturated rings. The quantitative estimate of drug-likeness (QED) is 0.378. The summed E-state index contributed by atoms with van der Waals surface area (Å²) in [6.45, 7) is 6.08. The molecular weight excluding hydrogens is 178 g/mol. The van der Waals surface area contributed by atoms with Crippen LogP contribution in [0.25, 0.3) is 0 Å². The second kappa shape index (κ2) is 6.82. The van der Waals surface area contributed by atoms with E-state index in [1.54, 1.807) is 0 Å². The van der Waals surface area contributed by atoms with Gasteiger partial charge in [0.15, 0.2) is 0 Å². The summed E-state index contributed by atoms with van der Waals surface area (Å²) in [6, 6.07) is 0. The Balaban J connectivity index is 4.58. The summed E-state index contributed by atoms with van der Waals surface area (Å²) >= 11 is 0. The van der Waals surface area contributed by atoms with E-state index in [-0.39, 0.29) is 0 Å². The lowest BCUT2D eigenvalue weighted by Gasteiger charge is -2.28. The molecule has 0 amide bonds. The van der Waals surface area contributed by atoms with Crippen LogP contribution in [0.5, 0.6) is 0 Å². The highest BCUT2D eigenvalue weighted by atomic mass is 16.4. The van der Waals surface area contributed by atoms with Gasteiger partial charge in [0.05, 0.1) is 5.71 Å². The second-order valence-corrected chi connectivity index (χ2v) is 3.83. The summed E-state index contributed by atoms with van der Waals surface area (Å²) in [5.41, 5.74) is -0.336. The smallest absolute Gasteiger partial charge is 0.106 e. The first-order chi connectivity index (χ1) is 6.64.